The molecule has 0 aliphatic rings. The first-order valence-electron chi connectivity index (χ1n) is 24.0. The van der Waals surface area contributed by atoms with E-state index in [4.69, 9.17) is 22.3 Å². The number of hydrogen-bond acceptors (Lipinski definition) is 11. The normalized spacial score (nSPS) is 13.2. The number of nitrogens with one attached hydrogen (secondary N) is 5. The van der Waals surface area contributed by atoms with Gasteiger partial charge < -0.3 is 54.0 Å². The van der Waals surface area contributed by atoms with Gasteiger partial charge in [0.25, 0.3) is 0 Å². The molecule has 18 nitrogen and oxygen atoms in total. The summed E-state index contributed by atoms with van der Waals surface area (Å²) < 4.78 is 0. The van der Waals surface area contributed by atoms with Crippen molar-refractivity contribution in [2.75, 3.05) is 19.6 Å². The van der Waals surface area contributed by atoms with E-state index in [1.807, 2.05) is 0 Å². The van der Waals surface area contributed by atoms with Gasteiger partial charge in [-0.25, -0.2) is 4.79 Å². The van der Waals surface area contributed by atoms with Crippen LogP contribution in [0.1, 0.15) is 194 Å². The molecule has 0 unspecified atom stereocenters. The van der Waals surface area contributed by atoms with Gasteiger partial charge in [-0.15, -0.1) is 0 Å². The number of aliphatic carboxylic acids is 2. The zero-order valence-corrected chi connectivity index (χ0v) is 39.4. The summed E-state index contributed by atoms with van der Waals surface area (Å²) in [6, 6.07) is -3.19. The van der Waals surface area contributed by atoms with Gasteiger partial charge in [-0.1, -0.05) is 77.0 Å². The van der Waals surface area contributed by atoms with E-state index in [1.54, 1.807) is 13.8 Å². The fraction of sp³-hybridized carbons (Fsp3) is 0.826. The standard InChI is InChI=1S/C46H86N8O10/c1-34(55)37(54-45(64)46(2,3)49)26-20-23-33-52-43(61)36(48)25-19-22-32-51-42(60)35(47)24-18-21-31-50-39(56)30-29-38(44(62)63)53-40(57)27-16-14-12-10-8-6-4-5-7-9-11-13-15-17-28-41(58)59/h35-38H,4-33,47-49H2,1-3H3,(H,50,56)(H,51,60)(H,52,61)(H,53,57)(H,54,64)(H,58,59)(H,62,63)/t35-,36-,37-,38-/m0/s1. The number of carbonyl (C=O) groups is 8. The first kappa shape index (κ1) is 59.8. The maximum atomic E-state index is 12.4. The van der Waals surface area contributed by atoms with Gasteiger partial charge in [0.1, 0.15) is 6.04 Å². The van der Waals surface area contributed by atoms with E-state index in [0.717, 1.165) is 44.9 Å². The zero-order valence-electron chi connectivity index (χ0n) is 39.4. The molecule has 0 aromatic carbocycles. The van der Waals surface area contributed by atoms with E-state index in [9.17, 15) is 43.5 Å². The minimum absolute atomic E-state index is 0.0203. The minimum Gasteiger partial charge on any atom is -0.481 e. The summed E-state index contributed by atoms with van der Waals surface area (Å²) in [7, 11) is 0. The van der Waals surface area contributed by atoms with Crippen molar-refractivity contribution in [3.63, 3.8) is 0 Å². The Morgan fingerprint density at radius 1 is 0.469 bits per heavy atom. The number of carbonyl (C=O) groups excluding carboxylic acids is 6. The summed E-state index contributed by atoms with van der Waals surface area (Å²) in [6.45, 7) is 5.65. The molecule has 0 bridgehead atoms. The smallest absolute Gasteiger partial charge is 0.326 e. The highest BCUT2D eigenvalue weighted by atomic mass is 16.4. The molecular weight excluding hydrogens is 825 g/mol. The molecule has 0 spiro atoms. The highest BCUT2D eigenvalue weighted by Crippen LogP contribution is 2.14. The van der Waals surface area contributed by atoms with Gasteiger partial charge in [0.05, 0.1) is 23.7 Å². The van der Waals surface area contributed by atoms with Crippen LogP contribution in [0.4, 0.5) is 0 Å². The van der Waals surface area contributed by atoms with Crippen LogP contribution in [-0.4, -0.2) is 107 Å². The number of carboxylic acids is 2. The maximum Gasteiger partial charge on any atom is 0.326 e. The predicted octanol–water partition coefficient (Wildman–Crippen LogP) is 3.99. The van der Waals surface area contributed by atoms with Gasteiger partial charge in [-0.05, 0) is 97.8 Å². The van der Waals surface area contributed by atoms with E-state index in [-0.39, 0.29) is 55.1 Å². The fourth-order valence-corrected chi connectivity index (χ4v) is 6.92. The van der Waals surface area contributed by atoms with Crippen LogP contribution in [0.5, 0.6) is 0 Å². The molecule has 13 N–H and O–H groups in total. The Kier molecular flexibility index (Phi) is 34.7. The molecule has 0 saturated carbocycles. The summed E-state index contributed by atoms with van der Waals surface area (Å²) >= 11 is 0. The predicted molar refractivity (Wildman–Crippen MR) is 248 cm³/mol. The van der Waals surface area contributed by atoms with Gasteiger partial charge in [0.2, 0.25) is 29.5 Å². The molecule has 0 aromatic heterocycles. The molecule has 5 amide bonds. The van der Waals surface area contributed by atoms with Gasteiger partial charge in [-0.3, -0.25) is 33.6 Å². The molecule has 370 valence electrons. The third-order valence-electron chi connectivity index (χ3n) is 11.1. The SMILES string of the molecule is CC(=O)[C@H](CCCCNC(=O)[C@@H](N)CCCCNC(=O)[C@@H](N)CCCCNC(=O)CC[C@H](NC(=O)CCCCCCCCCCCCCCCCC(=O)O)C(=O)O)NC(=O)C(C)(C)N. The van der Waals surface area contributed by atoms with Crippen LogP contribution in [0.2, 0.25) is 0 Å². The number of carboxylic acid groups (broad SMARTS) is 2. The molecule has 0 rings (SSSR count). The second kappa shape index (κ2) is 37.1. The molecular formula is C46H86N8O10. The maximum absolute atomic E-state index is 12.4. The van der Waals surface area contributed by atoms with Crippen molar-refractivity contribution in [2.24, 2.45) is 17.2 Å². The van der Waals surface area contributed by atoms with Crippen LogP contribution in [0.15, 0.2) is 0 Å². The van der Waals surface area contributed by atoms with Crippen LogP contribution >= 0.6 is 0 Å². The lowest BCUT2D eigenvalue weighted by molar-refractivity contribution is -0.142. The van der Waals surface area contributed by atoms with Gasteiger partial charge in [-0.2, -0.15) is 0 Å². The van der Waals surface area contributed by atoms with Gasteiger partial charge in [0, 0.05) is 38.9 Å². The largest absolute Gasteiger partial charge is 0.481 e. The Balaban J connectivity index is 3.95. The van der Waals surface area contributed by atoms with Crippen molar-refractivity contribution in [3.05, 3.63) is 0 Å². The van der Waals surface area contributed by atoms with Crippen molar-refractivity contribution >= 4 is 47.3 Å². The zero-order chi connectivity index (χ0) is 48.2. The summed E-state index contributed by atoms with van der Waals surface area (Å²) in [6.07, 6.45) is 20.4. The number of amides is 5. The van der Waals surface area contributed by atoms with Crippen molar-refractivity contribution in [3.8, 4) is 0 Å². The van der Waals surface area contributed by atoms with Crippen LogP contribution < -0.4 is 43.8 Å². The van der Waals surface area contributed by atoms with Crippen LogP contribution in [0.25, 0.3) is 0 Å². The summed E-state index contributed by atoms with van der Waals surface area (Å²) in [5.74, 6) is -3.69. The quantitative estimate of drug-likeness (QED) is 0.0388. The molecule has 0 aliphatic heterocycles. The lowest BCUT2D eigenvalue weighted by Gasteiger charge is -2.22. The van der Waals surface area contributed by atoms with Crippen molar-refractivity contribution in [1.29, 1.82) is 0 Å². The fourth-order valence-electron chi connectivity index (χ4n) is 6.92. The number of ketones is 1. The third kappa shape index (κ3) is 34.3. The second-order valence-electron chi connectivity index (χ2n) is 17.8. The lowest BCUT2D eigenvalue weighted by Crippen LogP contribution is -2.53. The van der Waals surface area contributed by atoms with Crippen molar-refractivity contribution in [2.45, 2.75) is 224 Å². The number of hydrogen-bond donors (Lipinski definition) is 10. The first-order valence-corrected chi connectivity index (χ1v) is 24.0. The van der Waals surface area contributed by atoms with Crippen molar-refractivity contribution in [1.82, 2.24) is 26.6 Å². The number of rotatable bonds is 42. The van der Waals surface area contributed by atoms with E-state index in [1.165, 1.54) is 45.4 Å². The Labute approximate surface area is 382 Å². The molecule has 0 aromatic rings. The average molecular weight is 911 g/mol. The van der Waals surface area contributed by atoms with Crippen LogP contribution in [0.3, 0.4) is 0 Å². The minimum atomic E-state index is -1.18. The molecule has 0 radical (unpaired) electrons. The number of unbranched alkanes of at least 4 members (excludes halogenated alkanes) is 16. The van der Waals surface area contributed by atoms with E-state index < -0.39 is 47.6 Å². The number of nitrogens with two attached hydrogens (primary N) is 3. The lowest BCUT2D eigenvalue weighted by atomic mass is 10.0. The average Bonchev–Trinajstić information content (AvgIpc) is 3.22. The van der Waals surface area contributed by atoms with Crippen LogP contribution in [0, 0.1) is 0 Å². The Hall–Kier alpha value is -4.16. The van der Waals surface area contributed by atoms with Gasteiger partial charge in [0.15, 0.2) is 5.78 Å². The Bertz CT molecular complexity index is 1380. The molecule has 0 fully saturated rings. The van der Waals surface area contributed by atoms with Crippen LogP contribution in [-0.2, 0) is 38.4 Å². The summed E-state index contributed by atoms with van der Waals surface area (Å²) in [5, 5.41) is 31.8. The Morgan fingerprint density at radius 3 is 1.28 bits per heavy atom. The van der Waals surface area contributed by atoms with E-state index in [2.05, 4.69) is 26.6 Å². The monoisotopic (exact) mass is 911 g/mol. The topological polar surface area (TPSA) is 315 Å². The molecule has 64 heavy (non-hydrogen) atoms. The molecule has 0 heterocycles. The van der Waals surface area contributed by atoms with E-state index in [0.29, 0.717) is 83.8 Å². The first-order chi connectivity index (χ1) is 30.3. The van der Waals surface area contributed by atoms with E-state index >= 15 is 0 Å². The van der Waals surface area contributed by atoms with Crippen molar-refractivity contribution < 1.29 is 48.6 Å². The number of Topliss-reactive ketones (excluding diaryl/α,β-unsaturated/α-hetero) is 1. The van der Waals surface area contributed by atoms with Gasteiger partial charge >= 0.3 is 11.9 Å². The highest BCUT2D eigenvalue weighted by Gasteiger charge is 2.26. The third-order valence-corrected chi connectivity index (χ3v) is 11.1. The molecule has 4 atom stereocenters. The summed E-state index contributed by atoms with van der Waals surface area (Å²) in [5.41, 5.74) is 16.8. The second-order valence-corrected chi connectivity index (χ2v) is 17.8. The highest BCUT2D eigenvalue weighted by molar-refractivity contribution is 5.91. The Morgan fingerprint density at radius 2 is 0.875 bits per heavy atom. The molecule has 18 heteroatoms. The molecule has 0 aliphatic carbocycles. The summed E-state index contributed by atoms with van der Waals surface area (Å²) in [4.78, 5) is 95.7. The molecule has 0 saturated heterocycles.